The Balaban J connectivity index is 2.09. The maximum atomic E-state index is 12.8. The second-order valence-corrected chi connectivity index (χ2v) is 8.00. The number of thiophene rings is 1. The molecule has 31 heavy (non-hydrogen) atoms. The van der Waals surface area contributed by atoms with E-state index in [-0.39, 0.29) is 40.3 Å². The molecule has 0 saturated carbocycles. The molecule has 10 heteroatoms. The number of carbonyl (C=O) groups excluding carboxylic acids is 2. The van der Waals surface area contributed by atoms with Crippen molar-refractivity contribution in [1.29, 1.82) is 0 Å². The molecule has 0 spiro atoms. The molecule has 0 saturated heterocycles. The molecule has 0 unspecified atom stereocenters. The zero-order valence-corrected chi connectivity index (χ0v) is 18.3. The number of nitrogens with one attached hydrogen (secondary N) is 2. The van der Waals surface area contributed by atoms with Gasteiger partial charge in [0.1, 0.15) is 11.5 Å². The van der Waals surface area contributed by atoms with Gasteiger partial charge in [0.15, 0.2) is 11.4 Å². The van der Waals surface area contributed by atoms with Crippen molar-refractivity contribution < 1.29 is 29.1 Å². The van der Waals surface area contributed by atoms with E-state index < -0.39 is 12.0 Å². The number of phenols is 2. The molecule has 0 aliphatic carbocycles. The molecular formula is C21H23N3O6S. The number of ether oxygens (including phenoxy) is 1. The Hall–Kier alpha value is -3.53. The van der Waals surface area contributed by atoms with Crippen molar-refractivity contribution in [2.24, 2.45) is 0 Å². The van der Waals surface area contributed by atoms with Crippen molar-refractivity contribution in [3.63, 3.8) is 0 Å². The summed E-state index contributed by atoms with van der Waals surface area (Å²) in [6.45, 7) is 7.60. The molecule has 0 radical (unpaired) electrons. The Morgan fingerprint density at radius 3 is 2.61 bits per heavy atom. The van der Waals surface area contributed by atoms with Gasteiger partial charge in [-0.15, -0.1) is 11.3 Å². The van der Waals surface area contributed by atoms with Crippen molar-refractivity contribution in [3.8, 4) is 28.7 Å². The predicted octanol–water partition coefficient (Wildman–Crippen LogP) is 4.61. The maximum Gasteiger partial charge on any atom is 0.414 e. The van der Waals surface area contributed by atoms with E-state index in [1.54, 1.807) is 25.3 Å². The molecule has 2 heterocycles. The van der Waals surface area contributed by atoms with Crippen molar-refractivity contribution >= 4 is 29.0 Å². The van der Waals surface area contributed by atoms with Crippen LogP contribution in [-0.4, -0.2) is 33.9 Å². The number of carbonyl (C=O) groups is 2. The number of amides is 2. The van der Waals surface area contributed by atoms with Crippen LogP contribution in [-0.2, 0) is 0 Å². The number of hydrogen-bond acceptors (Lipinski definition) is 8. The monoisotopic (exact) mass is 445 g/mol. The number of nitrogens with zero attached hydrogens (tertiary/aromatic N) is 1. The van der Waals surface area contributed by atoms with E-state index in [0.29, 0.717) is 17.0 Å². The van der Waals surface area contributed by atoms with E-state index in [2.05, 4.69) is 15.8 Å². The summed E-state index contributed by atoms with van der Waals surface area (Å²) < 4.78 is 10.5. The van der Waals surface area contributed by atoms with Gasteiger partial charge < -0.3 is 30.1 Å². The van der Waals surface area contributed by atoms with Gasteiger partial charge in [-0.3, -0.25) is 4.79 Å². The minimum absolute atomic E-state index is 0.0127. The molecule has 2 aromatic heterocycles. The first kappa shape index (κ1) is 22.2. The molecule has 0 aliphatic rings. The van der Waals surface area contributed by atoms with Crippen LogP contribution in [0.5, 0.6) is 17.4 Å². The fourth-order valence-electron chi connectivity index (χ4n) is 2.92. The average Bonchev–Trinajstić information content (AvgIpc) is 3.28. The van der Waals surface area contributed by atoms with Crippen molar-refractivity contribution in [2.45, 2.75) is 33.6 Å². The number of aromatic nitrogens is 1. The third kappa shape index (κ3) is 4.64. The highest BCUT2D eigenvalue weighted by Gasteiger charge is 2.27. The van der Waals surface area contributed by atoms with Gasteiger partial charge in [-0.05, 0) is 53.6 Å². The number of benzene rings is 1. The van der Waals surface area contributed by atoms with E-state index >= 15 is 0 Å². The second-order valence-electron chi connectivity index (χ2n) is 7.08. The van der Waals surface area contributed by atoms with Crippen LogP contribution in [0.2, 0.25) is 0 Å². The van der Waals surface area contributed by atoms with E-state index in [4.69, 9.17) is 9.26 Å². The van der Waals surface area contributed by atoms with Crippen LogP contribution in [0.15, 0.2) is 28.1 Å². The van der Waals surface area contributed by atoms with E-state index in [1.165, 1.54) is 23.5 Å². The van der Waals surface area contributed by atoms with Gasteiger partial charge >= 0.3 is 6.09 Å². The smallest absolute Gasteiger partial charge is 0.414 e. The molecule has 9 nitrogen and oxygen atoms in total. The standard InChI is InChI=1S/C21H23N3O6S/c1-5-22-21(28)29-20-16(23-19(27)18-11(4)6-7-31-18)17(30-24-20)13-8-12(10(2)3)14(25)9-15(13)26/h6-10,25-26H,5H2,1-4H3,(H,22,28)(H,23,27). The van der Waals surface area contributed by atoms with Gasteiger partial charge in [0.05, 0.1) is 10.4 Å². The molecule has 0 aliphatic heterocycles. The Morgan fingerprint density at radius 1 is 1.26 bits per heavy atom. The summed E-state index contributed by atoms with van der Waals surface area (Å²) in [5, 5.41) is 31.3. The minimum atomic E-state index is -0.775. The van der Waals surface area contributed by atoms with Gasteiger partial charge in [0, 0.05) is 12.6 Å². The lowest BCUT2D eigenvalue weighted by atomic mass is 9.97. The van der Waals surface area contributed by atoms with Crippen molar-refractivity contribution in [2.75, 3.05) is 11.9 Å². The minimum Gasteiger partial charge on any atom is -0.508 e. The first-order valence-corrected chi connectivity index (χ1v) is 10.5. The Bertz CT molecular complexity index is 1120. The highest BCUT2D eigenvalue weighted by atomic mass is 32.1. The molecule has 0 bridgehead atoms. The second kappa shape index (κ2) is 9.09. The molecule has 1 aromatic carbocycles. The fraction of sp³-hybridized carbons (Fsp3) is 0.286. The van der Waals surface area contributed by atoms with Gasteiger partial charge in [-0.1, -0.05) is 13.8 Å². The van der Waals surface area contributed by atoms with Crippen LogP contribution in [0, 0.1) is 6.92 Å². The number of anilines is 1. The molecule has 2 amide bonds. The number of aromatic hydroxyl groups is 2. The topological polar surface area (TPSA) is 134 Å². The quantitative estimate of drug-likeness (QED) is 0.435. The summed E-state index contributed by atoms with van der Waals surface area (Å²) in [5.74, 6) is -1.14. The summed E-state index contributed by atoms with van der Waals surface area (Å²) >= 11 is 1.25. The molecule has 4 N–H and O–H groups in total. The third-order valence-electron chi connectivity index (χ3n) is 4.49. The van der Waals surface area contributed by atoms with E-state index in [1.807, 2.05) is 13.8 Å². The lowest BCUT2D eigenvalue weighted by Gasteiger charge is -2.12. The lowest BCUT2D eigenvalue weighted by molar-refractivity contribution is 0.102. The number of aryl methyl sites for hydroxylation is 1. The normalized spacial score (nSPS) is 10.9. The Morgan fingerprint density at radius 2 is 2.00 bits per heavy atom. The first-order valence-electron chi connectivity index (χ1n) is 9.59. The van der Waals surface area contributed by atoms with Gasteiger partial charge in [0.25, 0.3) is 11.8 Å². The van der Waals surface area contributed by atoms with Crippen LogP contribution in [0.25, 0.3) is 11.3 Å². The van der Waals surface area contributed by atoms with Gasteiger partial charge in [0.2, 0.25) is 0 Å². The van der Waals surface area contributed by atoms with E-state index in [0.717, 1.165) is 5.56 Å². The molecule has 3 aromatic rings. The summed E-state index contributed by atoms with van der Waals surface area (Å²) in [6.07, 6.45) is -0.775. The van der Waals surface area contributed by atoms with Crippen LogP contribution < -0.4 is 15.4 Å². The molecule has 164 valence electrons. The zero-order chi connectivity index (χ0) is 22.7. The largest absolute Gasteiger partial charge is 0.508 e. The first-order chi connectivity index (χ1) is 14.7. The molecular weight excluding hydrogens is 422 g/mol. The van der Waals surface area contributed by atoms with E-state index in [9.17, 15) is 19.8 Å². The molecule has 0 fully saturated rings. The molecule has 3 rings (SSSR count). The molecule has 0 atom stereocenters. The highest BCUT2D eigenvalue weighted by molar-refractivity contribution is 7.12. The Kier molecular flexibility index (Phi) is 6.50. The van der Waals surface area contributed by atoms with Gasteiger partial charge in [-0.2, -0.15) is 0 Å². The van der Waals surface area contributed by atoms with Crippen LogP contribution in [0.3, 0.4) is 0 Å². The SMILES string of the molecule is CCNC(=O)Oc1noc(-c2cc(C(C)C)c(O)cc2O)c1NC(=O)c1sccc1C. The number of hydrogen-bond donors (Lipinski definition) is 4. The summed E-state index contributed by atoms with van der Waals surface area (Å²) in [4.78, 5) is 25.2. The fourth-order valence-corrected chi connectivity index (χ4v) is 3.74. The summed E-state index contributed by atoms with van der Waals surface area (Å²) in [5.41, 5.74) is 1.50. The van der Waals surface area contributed by atoms with Crippen LogP contribution in [0.4, 0.5) is 10.5 Å². The third-order valence-corrected chi connectivity index (χ3v) is 5.50. The van der Waals surface area contributed by atoms with Crippen LogP contribution in [0.1, 0.15) is 47.5 Å². The highest BCUT2D eigenvalue weighted by Crippen LogP contribution is 2.43. The van der Waals surface area contributed by atoms with Crippen LogP contribution >= 0.6 is 11.3 Å². The van der Waals surface area contributed by atoms with Crippen molar-refractivity contribution in [3.05, 3.63) is 39.6 Å². The predicted molar refractivity (Wildman–Crippen MR) is 116 cm³/mol. The van der Waals surface area contributed by atoms with Gasteiger partial charge in [-0.25, -0.2) is 4.79 Å². The summed E-state index contributed by atoms with van der Waals surface area (Å²) in [7, 11) is 0. The number of phenolic OH excluding ortho intramolecular Hbond substituents is 2. The Labute approximate surface area is 182 Å². The van der Waals surface area contributed by atoms with Crippen molar-refractivity contribution in [1.82, 2.24) is 10.5 Å². The number of rotatable bonds is 6. The average molecular weight is 445 g/mol. The maximum absolute atomic E-state index is 12.8. The zero-order valence-electron chi connectivity index (χ0n) is 17.5. The lowest BCUT2D eigenvalue weighted by Crippen LogP contribution is -2.26. The summed E-state index contributed by atoms with van der Waals surface area (Å²) in [6, 6.07) is 4.53.